The molecule has 0 aliphatic carbocycles. The number of morpholine rings is 1. The van der Waals surface area contributed by atoms with E-state index in [-0.39, 0.29) is 11.7 Å². The van der Waals surface area contributed by atoms with E-state index in [1.807, 2.05) is 13.8 Å². The van der Waals surface area contributed by atoms with Crippen molar-refractivity contribution in [2.24, 2.45) is 5.92 Å². The smallest absolute Gasteiger partial charge is 0.306 e. The van der Waals surface area contributed by atoms with E-state index in [1.54, 1.807) is 69.3 Å². The Morgan fingerprint density at radius 3 is 2.19 bits per heavy atom. The molecule has 0 saturated carbocycles. The fourth-order valence-corrected chi connectivity index (χ4v) is 6.25. The van der Waals surface area contributed by atoms with Gasteiger partial charge in [0.2, 0.25) is 0 Å². The summed E-state index contributed by atoms with van der Waals surface area (Å²) >= 11 is 12.4. The monoisotopic (exact) mass is 569 g/mol. The maximum absolute atomic E-state index is 13.9. The van der Waals surface area contributed by atoms with E-state index >= 15 is 0 Å². The average Bonchev–Trinajstić information content (AvgIpc) is 2.78. The zero-order valence-corrected chi connectivity index (χ0v) is 23.8. The number of benzene rings is 2. The van der Waals surface area contributed by atoms with Crippen LogP contribution in [0.15, 0.2) is 48.5 Å². The fourth-order valence-electron chi connectivity index (χ4n) is 4.43. The molecule has 1 fully saturated rings. The predicted molar refractivity (Wildman–Crippen MR) is 145 cm³/mol. The predicted octanol–water partition coefficient (Wildman–Crippen LogP) is 5.72. The summed E-state index contributed by atoms with van der Waals surface area (Å²) in [6.07, 6.45) is -2.67. The number of hydrogen-bond acceptors (Lipinski definition) is 5. The topological polar surface area (TPSA) is 101 Å². The molecule has 4 atom stereocenters. The van der Waals surface area contributed by atoms with Crippen molar-refractivity contribution in [3.63, 3.8) is 0 Å². The summed E-state index contributed by atoms with van der Waals surface area (Å²) in [6, 6.07) is 12.4. The quantitative estimate of drug-likeness (QED) is 0.436. The van der Waals surface area contributed by atoms with E-state index in [0.29, 0.717) is 21.2 Å². The zero-order valence-electron chi connectivity index (χ0n) is 21.5. The van der Waals surface area contributed by atoms with E-state index in [2.05, 4.69) is 0 Å². The van der Waals surface area contributed by atoms with Crippen LogP contribution >= 0.6 is 23.2 Å². The van der Waals surface area contributed by atoms with Gasteiger partial charge in [0.25, 0.3) is 5.91 Å². The molecule has 0 spiro atoms. The van der Waals surface area contributed by atoms with Crippen LogP contribution in [0.1, 0.15) is 64.3 Å². The lowest BCUT2D eigenvalue weighted by Gasteiger charge is -2.49. The minimum atomic E-state index is -3.65. The molecule has 2 aromatic carbocycles. The van der Waals surface area contributed by atoms with Crippen molar-refractivity contribution < 1.29 is 27.9 Å². The number of carbonyl (C=O) groups excluding carboxylic acids is 1. The maximum atomic E-state index is 13.9. The first-order valence-corrected chi connectivity index (χ1v) is 14.5. The average molecular weight is 571 g/mol. The summed E-state index contributed by atoms with van der Waals surface area (Å²) in [5.74, 6) is -2.31. The van der Waals surface area contributed by atoms with Crippen LogP contribution in [0, 0.1) is 5.92 Å². The number of hydrogen-bond donors (Lipinski definition) is 1. The number of halogens is 2. The van der Waals surface area contributed by atoms with Crippen molar-refractivity contribution in [3.05, 3.63) is 69.7 Å². The number of rotatable bonds is 8. The first kappa shape index (κ1) is 29.4. The van der Waals surface area contributed by atoms with Gasteiger partial charge in [-0.05, 0) is 62.1 Å². The van der Waals surface area contributed by atoms with Gasteiger partial charge in [-0.3, -0.25) is 9.59 Å². The normalized spacial score (nSPS) is 21.8. The van der Waals surface area contributed by atoms with Gasteiger partial charge in [-0.25, -0.2) is 8.42 Å². The molecule has 2 aromatic rings. The van der Waals surface area contributed by atoms with Crippen molar-refractivity contribution in [2.75, 3.05) is 5.75 Å². The van der Waals surface area contributed by atoms with Crippen LogP contribution in [0.2, 0.25) is 10.0 Å². The molecule has 3 rings (SSSR count). The molecule has 2 unspecified atom stereocenters. The lowest BCUT2D eigenvalue weighted by atomic mass is 9.88. The van der Waals surface area contributed by atoms with Gasteiger partial charge >= 0.3 is 5.97 Å². The number of ether oxygens (including phenoxy) is 1. The number of aliphatic carboxylic acids is 1. The molecule has 10 heteroatoms. The van der Waals surface area contributed by atoms with E-state index < -0.39 is 57.2 Å². The molecule has 0 radical (unpaired) electrons. The van der Waals surface area contributed by atoms with Gasteiger partial charge in [0, 0.05) is 16.1 Å². The molecule has 202 valence electrons. The summed E-state index contributed by atoms with van der Waals surface area (Å²) in [5, 5.41) is 10.5. The van der Waals surface area contributed by atoms with Crippen LogP contribution < -0.4 is 0 Å². The standard InChI is InChI=1S/C27H33Cl2NO6S/c1-16(2)21(15-37(34,35)27(3,4)5)30-24(17-9-11-19(28)12-10-17)25(18-7-6-8-20(29)13-18)36-22(26(30)33)14-23(31)32/h6-13,16,21-22,24-25H,14-15H2,1-5H3,(H,31,32)/t21-,22?,24?,25-/m1/s1. The van der Waals surface area contributed by atoms with Crippen molar-refractivity contribution >= 4 is 44.9 Å². The number of amides is 1. The van der Waals surface area contributed by atoms with Crippen molar-refractivity contribution in [1.82, 2.24) is 4.90 Å². The number of nitrogens with zero attached hydrogens (tertiary/aromatic N) is 1. The molecular weight excluding hydrogens is 537 g/mol. The minimum Gasteiger partial charge on any atom is -0.481 e. The molecule has 1 saturated heterocycles. The van der Waals surface area contributed by atoms with Gasteiger partial charge < -0.3 is 14.7 Å². The SMILES string of the molecule is CC(C)[C@@H](CS(=O)(=O)C(C)(C)C)N1C(=O)C(CC(=O)O)O[C@H](c2cccc(Cl)c2)C1c1ccc(Cl)cc1. The first-order chi connectivity index (χ1) is 17.1. The van der Waals surface area contributed by atoms with Crippen molar-refractivity contribution in [1.29, 1.82) is 0 Å². The van der Waals surface area contributed by atoms with Gasteiger partial charge in [0.05, 0.1) is 23.0 Å². The number of carbonyl (C=O) groups is 2. The van der Waals surface area contributed by atoms with Crippen molar-refractivity contribution in [3.8, 4) is 0 Å². The highest BCUT2D eigenvalue weighted by molar-refractivity contribution is 7.92. The highest BCUT2D eigenvalue weighted by Gasteiger charge is 2.49. The third-order valence-corrected chi connectivity index (χ3v) is 9.76. The third-order valence-electron chi connectivity index (χ3n) is 6.63. The molecule has 0 aromatic heterocycles. The highest BCUT2D eigenvalue weighted by atomic mass is 35.5. The molecule has 7 nitrogen and oxygen atoms in total. The summed E-state index contributed by atoms with van der Waals surface area (Å²) in [4.78, 5) is 27.1. The van der Waals surface area contributed by atoms with Crippen LogP contribution in [-0.4, -0.2) is 52.9 Å². The lowest BCUT2D eigenvalue weighted by Crippen LogP contribution is -2.58. The maximum Gasteiger partial charge on any atom is 0.306 e. The van der Waals surface area contributed by atoms with Crippen molar-refractivity contribution in [2.45, 2.75) is 70.1 Å². The van der Waals surface area contributed by atoms with Crippen LogP contribution in [-0.2, 0) is 24.2 Å². The lowest BCUT2D eigenvalue weighted by molar-refractivity contribution is -0.184. The van der Waals surface area contributed by atoms with Crippen LogP contribution in [0.4, 0.5) is 0 Å². The van der Waals surface area contributed by atoms with Crippen LogP contribution in [0.3, 0.4) is 0 Å². The third kappa shape index (κ3) is 6.66. The van der Waals surface area contributed by atoms with E-state index in [4.69, 9.17) is 27.9 Å². The molecule has 1 aliphatic heterocycles. The summed E-state index contributed by atoms with van der Waals surface area (Å²) in [5.41, 5.74) is 1.32. The second kappa shape index (κ2) is 11.3. The summed E-state index contributed by atoms with van der Waals surface area (Å²) < 4.78 is 31.9. The Morgan fingerprint density at radius 2 is 1.68 bits per heavy atom. The zero-order chi connectivity index (χ0) is 27.7. The van der Waals surface area contributed by atoms with Gasteiger partial charge in [-0.15, -0.1) is 0 Å². The Morgan fingerprint density at radius 1 is 1.05 bits per heavy atom. The number of carboxylic acid groups (broad SMARTS) is 1. The molecule has 1 aliphatic rings. The largest absolute Gasteiger partial charge is 0.481 e. The van der Waals surface area contributed by atoms with Gasteiger partial charge in [0.1, 0.15) is 12.2 Å². The Kier molecular flexibility index (Phi) is 9.00. The second-order valence-electron chi connectivity index (χ2n) is 10.6. The molecule has 37 heavy (non-hydrogen) atoms. The Balaban J connectivity index is 2.26. The Hall–Kier alpha value is -2.13. The minimum absolute atomic E-state index is 0.264. The number of sulfone groups is 1. The molecule has 0 bridgehead atoms. The van der Waals surface area contributed by atoms with E-state index in [0.717, 1.165) is 0 Å². The summed E-state index contributed by atoms with van der Waals surface area (Å²) in [7, 11) is -3.65. The molecular formula is C27H33Cl2NO6S. The summed E-state index contributed by atoms with van der Waals surface area (Å²) in [6.45, 7) is 8.58. The highest BCUT2D eigenvalue weighted by Crippen LogP contribution is 2.45. The van der Waals surface area contributed by atoms with Gasteiger partial charge in [-0.2, -0.15) is 0 Å². The molecule has 1 amide bonds. The van der Waals surface area contributed by atoms with E-state index in [1.165, 1.54) is 4.90 Å². The molecule has 1 heterocycles. The Bertz CT molecular complexity index is 1240. The first-order valence-electron chi connectivity index (χ1n) is 12.0. The van der Waals surface area contributed by atoms with Gasteiger partial charge in [-0.1, -0.05) is 61.3 Å². The fraction of sp³-hybridized carbons (Fsp3) is 0.481. The second-order valence-corrected chi connectivity index (χ2v) is 14.3. The van der Waals surface area contributed by atoms with E-state index in [9.17, 15) is 23.1 Å². The van der Waals surface area contributed by atoms with Crippen LogP contribution in [0.5, 0.6) is 0 Å². The molecule has 1 N–H and O–H groups in total. The number of carboxylic acids is 1. The van der Waals surface area contributed by atoms with Crippen LogP contribution in [0.25, 0.3) is 0 Å². The van der Waals surface area contributed by atoms with Gasteiger partial charge in [0.15, 0.2) is 9.84 Å². The Labute approximate surface area is 228 Å².